The molecule has 6 N–H and O–H groups in total. The molecule has 3 aliphatic heterocycles. The van der Waals surface area contributed by atoms with Crippen molar-refractivity contribution in [3.05, 3.63) is 69.6 Å². The van der Waals surface area contributed by atoms with Crippen molar-refractivity contribution < 1.29 is 51.8 Å². The number of hydrogen-bond donors (Lipinski definition) is 5. The third-order valence-corrected chi connectivity index (χ3v) is 24.5. The Bertz CT molecular complexity index is 2270. The van der Waals surface area contributed by atoms with Gasteiger partial charge in [-0.2, -0.15) is 0 Å². The van der Waals surface area contributed by atoms with Gasteiger partial charge in [0.15, 0.2) is 0 Å². The van der Waals surface area contributed by atoms with Crippen molar-refractivity contribution in [3.8, 4) is 0 Å². The molecule has 4 amide bonds. The van der Waals surface area contributed by atoms with Crippen LogP contribution in [-0.4, -0.2) is 84.4 Å². The summed E-state index contributed by atoms with van der Waals surface area (Å²) in [5.41, 5.74) is 7.34. The van der Waals surface area contributed by atoms with Crippen molar-refractivity contribution in [2.24, 2.45) is 17.1 Å². The number of amides is 4. The first kappa shape index (κ1) is 40.6. The monoisotopic (exact) mass is 1090 g/mol. The number of benzene rings is 2. The van der Waals surface area contributed by atoms with E-state index in [1.54, 1.807) is 21.5 Å². The fraction of sp³-hybridized carbons (Fsp3) is 0.459. The summed E-state index contributed by atoms with van der Waals surface area (Å²) in [5.74, 6) is -1.76. The van der Waals surface area contributed by atoms with Gasteiger partial charge >= 0.3 is 313 Å². The maximum atomic E-state index is 14.4. The number of nitrogens with one attached hydrogen (secondary N) is 4. The van der Waals surface area contributed by atoms with E-state index in [-0.39, 0.29) is 61.4 Å². The second kappa shape index (κ2) is 16.1. The molecule has 304 valence electrons. The number of nitrogens with two attached hydrogens (primary N) is 1. The standard InChI is InChI=1S/C37H40BrFI2N9O6S/c38-23-16-43-36(48-33(23)45-26-6-2-4-24(39)30(26)32(42)52)46-28-11-14-49(18-37(28)12-13-37)57(55,56)41-31(40)19-7-8-20(15-19)44-25-5-1-3-21-22(25)17-50(35(21)54)27-9-10-29(51)47-34(27)53/h1-6,16,19-20,27-28,31,44H,7-15,17-18H2,(H2,42,52)(H,47,51,53)(H2,43,45,46,48)/q-1. The Morgan fingerprint density at radius 2 is 1.86 bits per heavy atom. The number of primary amides is 1. The molecular formula is C37H40BrFI2N9O6S-. The minimum absolute atomic E-state index is 0.0190. The summed E-state index contributed by atoms with van der Waals surface area (Å²) < 4.78 is 44.5. The van der Waals surface area contributed by atoms with Crippen LogP contribution in [0.5, 0.6) is 0 Å². The van der Waals surface area contributed by atoms with E-state index in [4.69, 9.17) is 5.73 Å². The molecule has 2 aliphatic carbocycles. The van der Waals surface area contributed by atoms with Gasteiger partial charge in [-0.1, -0.05) is 6.07 Å². The molecule has 0 radical (unpaired) electrons. The number of anilines is 4. The van der Waals surface area contributed by atoms with Crippen molar-refractivity contribution in [2.45, 2.75) is 78.0 Å². The van der Waals surface area contributed by atoms with Gasteiger partial charge in [0.1, 0.15) is 5.82 Å². The Kier molecular flexibility index (Phi) is 11.4. The first-order chi connectivity index (χ1) is 27.2. The van der Waals surface area contributed by atoms with Crippen LogP contribution < -0.4 is 46.8 Å². The molecule has 2 aromatic carbocycles. The van der Waals surface area contributed by atoms with Crippen LogP contribution in [0.25, 0.3) is 0 Å². The molecule has 1 aromatic heterocycles. The summed E-state index contributed by atoms with van der Waals surface area (Å²) in [6.07, 6.45) is 7.01. The first-order valence-electron chi connectivity index (χ1n) is 18.7. The summed E-state index contributed by atoms with van der Waals surface area (Å²) in [5, 5.41) is 12.4. The molecule has 0 bridgehead atoms. The molecule has 2 saturated heterocycles. The van der Waals surface area contributed by atoms with Gasteiger partial charge in [0.25, 0.3) is 5.91 Å². The number of carbonyl (C=O) groups excluding carboxylic acids is 4. The van der Waals surface area contributed by atoms with Crippen molar-refractivity contribution in [3.63, 3.8) is 0 Å². The van der Waals surface area contributed by atoms with Crippen LogP contribution in [-0.2, 0) is 23.3 Å². The van der Waals surface area contributed by atoms with Gasteiger partial charge in [-0.25, -0.2) is 4.39 Å². The Hall–Kier alpha value is -3.22. The number of imide groups is 1. The zero-order valence-corrected chi connectivity index (χ0v) is 37.2. The fourth-order valence-corrected chi connectivity index (χ4v) is 21.2. The van der Waals surface area contributed by atoms with E-state index in [0.717, 1.165) is 49.4 Å². The molecule has 2 saturated carbocycles. The molecular weight excluding hydrogens is 1050 g/mol. The van der Waals surface area contributed by atoms with Crippen LogP contribution in [0.15, 0.2) is 47.1 Å². The van der Waals surface area contributed by atoms with Crippen LogP contribution in [0.4, 0.5) is 27.5 Å². The average Bonchev–Trinajstić information content (AvgIpc) is 3.61. The number of fused-ring (bicyclic) bond motifs is 1. The van der Waals surface area contributed by atoms with E-state index >= 15 is 0 Å². The van der Waals surface area contributed by atoms with E-state index in [9.17, 15) is 32.0 Å². The van der Waals surface area contributed by atoms with Gasteiger partial charge in [-0.3, -0.25) is 9.59 Å². The third-order valence-electron chi connectivity index (χ3n) is 11.6. The van der Waals surface area contributed by atoms with Gasteiger partial charge in [-0.15, -0.1) is 0 Å². The van der Waals surface area contributed by atoms with Gasteiger partial charge in [-0.05, 0) is 6.07 Å². The molecule has 57 heavy (non-hydrogen) atoms. The van der Waals surface area contributed by atoms with Crippen molar-refractivity contribution in [2.75, 3.05) is 29.0 Å². The minimum atomic E-state index is -3.45. The second-order valence-electron chi connectivity index (χ2n) is 15.2. The van der Waals surface area contributed by atoms with Crippen molar-refractivity contribution >= 4 is 92.5 Å². The predicted molar refractivity (Wildman–Crippen MR) is 217 cm³/mol. The van der Waals surface area contributed by atoms with Gasteiger partial charge in [0.2, 0.25) is 5.91 Å². The number of rotatable bonds is 12. The van der Waals surface area contributed by atoms with Crippen LogP contribution in [0.2, 0.25) is 0 Å². The van der Waals surface area contributed by atoms with Crippen molar-refractivity contribution in [1.29, 1.82) is 0 Å². The predicted octanol–water partition coefficient (Wildman–Crippen LogP) is 1.62. The molecule has 5 unspecified atom stereocenters. The molecule has 4 fully saturated rings. The Labute approximate surface area is 359 Å². The number of carbonyl (C=O) groups is 4. The second-order valence-corrected chi connectivity index (χ2v) is 27.5. The number of nitrogens with zero attached hydrogens (tertiary/aromatic N) is 4. The SMILES string of the molecule is NC(=O)c1c(F)cccc1Nc1nc(NC2CCN(S(=O)(=O)[I-]C(I)C3CCC(Nc4cccc5c4CN(C4CCC(=O)NC4=O)C5=O)C3)CC23CC3)ncc1Br. The van der Waals surface area contributed by atoms with Crippen LogP contribution in [0, 0.1) is 17.2 Å². The van der Waals surface area contributed by atoms with E-state index in [1.165, 1.54) is 12.1 Å². The summed E-state index contributed by atoms with van der Waals surface area (Å²) >= 11 is 4.54. The molecule has 1 spiro atoms. The summed E-state index contributed by atoms with van der Waals surface area (Å²) in [4.78, 5) is 60.1. The molecule has 5 atom stereocenters. The molecule has 15 nitrogen and oxygen atoms in total. The van der Waals surface area contributed by atoms with E-state index in [0.29, 0.717) is 47.7 Å². The normalized spacial score (nSPS) is 25.0. The van der Waals surface area contributed by atoms with Gasteiger partial charge < -0.3 is 5.73 Å². The topological polar surface area (TPSA) is 209 Å². The molecule has 5 aliphatic rings. The summed E-state index contributed by atoms with van der Waals surface area (Å²) in [6.45, 7) is 1.11. The summed E-state index contributed by atoms with van der Waals surface area (Å²) in [6, 6.07) is 9.11. The molecule has 4 heterocycles. The zero-order chi connectivity index (χ0) is 40.2. The number of piperidine rings is 2. The number of hydrogen-bond acceptors (Lipinski definition) is 11. The Morgan fingerprint density at radius 3 is 2.61 bits per heavy atom. The van der Waals surface area contributed by atoms with E-state index < -0.39 is 50.7 Å². The summed E-state index contributed by atoms with van der Waals surface area (Å²) in [7, 11) is -3.45. The Morgan fingerprint density at radius 1 is 1.09 bits per heavy atom. The van der Waals surface area contributed by atoms with E-state index in [1.807, 2.05) is 12.1 Å². The van der Waals surface area contributed by atoms with Crippen molar-refractivity contribution in [1.82, 2.24) is 24.5 Å². The van der Waals surface area contributed by atoms with Crippen LogP contribution in [0.3, 0.4) is 0 Å². The Balaban J connectivity index is 0.861. The van der Waals surface area contributed by atoms with Crippen LogP contribution >= 0.6 is 38.5 Å². The molecule has 8 rings (SSSR count). The van der Waals surface area contributed by atoms with Gasteiger partial charge in [0.05, 0.1) is 0 Å². The van der Waals surface area contributed by atoms with E-state index in [2.05, 4.69) is 69.8 Å². The fourth-order valence-electron chi connectivity index (χ4n) is 8.44. The number of alkyl halides is 2. The molecule has 20 heteroatoms. The molecule has 3 aromatic rings. The quantitative estimate of drug-likeness (QED) is 0.0763. The first-order valence-corrected chi connectivity index (χ1v) is 25.9. The number of halogens is 4. The zero-order valence-electron chi connectivity index (χ0n) is 30.4. The van der Waals surface area contributed by atoms with Gasteiger partial charge in [0, 0.05) is 0 Å². The third kappa shape index (κ3) is 8.34. The van der Waals surface area contributed by atoms with Crippen LogP contribution in [0.1, 0.15) is 77.6 Å². The average molecular weight is 1090 g/mol. The number of aromatic nitrogens is 2. The maximum absolute atomic E-state index is 14.4.